The van der Waals surface area contributed by atoms with Crippen molar-refractivity contribution in [1.82, 2.24) is 14.5 Å². The summed E-state index contributed by atoms with van der Waals surface area (Å²) < 4.78 is 2.11. The number of hydrogen-bond acceptors (Lipinski definition) is 4. The largest absolute Gasteiger partial charge is 0.478 e. The van der Waals surface area contributed by atoms with Crippen LogP contribution in [0.5, 0.6) is 0 Å². The number of anilines is 1. The minimum Gasteiger partial charge on any atom is -0.478 e. The van der Waals surface area contributed by atoms with Gasteiger partial charge in [0.1, 0.15) is 11.6 Å². The summed E-state index contributed by atoms with van der Waals surface area (Å²) in [4.78, 5) is 22.1. The Hall–Kier alpha value is -2.37. The zero-order valence-corrected chi connectivity index (χ0v) is 11.3. The van der Waals surface area contributed by atoms with Gasteiger partial charge < -0.3 is 14.6 Å². The fourth-order valence-electron chi connectivity index (χ4n) is 2.41. The molecule has 104 valence electrons. The van der Waals surface area contributed by atoms with Crippen LogP contribution >= 0.6 is 0 Å². The van der Waals surface area contributed by atoms with Gasteiger partial charge in [-0.2, -0.15) is 0 Å². The van der Waals surface area contributed by atoms with E-state index in [0.717, 1.165) is 36.8 Å². The lowest BCUT2D eigenvalue weighted by molar-refractivity contribution is 0.0696. The van der Waals surface area contributed by atoms with Crippen LogP contribution in [0.2, 0.25) is 0 Å². The van der Waals surface area contributed by atoms with Crippen molar-refractivity contribution in [1.29, 1.82) is 0 Å². The Morgan fingerprint density at radius 1 is 1.40 bits per heavy atom. The van der Waals surface area contributed by atoms with Gasteiger partial charge in [-0.1, -0.05) is 6.92 Å². The molecule has 6 nitrogen and oxygen atoms in total. The summed E-state index contributed by atoms with van der Waals surface area (Å²) in [6, 6.07) is 3.27. The molecule has 0 bridgehead atoms. The molecule has 6 heteroatoms. The number of fused-ring (bicyclic) bond motifs is 1. The van der Waals surface area contributed by atoms with E-state index in [4.69, 9.17) is 0 Å². The van der Waals surface area contributed by atoms with Gasteiger partial charge in [0, 0.05) is 31.2 Å². The van der Waals surface area contributed by atoms with E-state index < -0.39 is 5.97 Å². The van der Waals surface area contributed by atoms with Gasteiger partial charge in [-0.05, 0) is 18.6 Å². The third-order valence-electron chi connectivity index (χ3n) is 3.54. The van der Waals surface area contributed by atoms with Crippen LogP contribution in [0.15, 0.2) is 24.5 Å². The lowest BCUT2D eigenvalue weighted by Gasteiger charge is -2.29. The average Bonchev–Trinajstić information content (AvgIpc) is 2.94. The van der Waals surface area contributed by atoms with Crippen LogP contribution in [0.1, 0.15) is 28.8 Å². The monoisotopic (exact) mass is 272 g/mol. The molecular formula is C14H16N4O2. The van der Waals surface area contributed by atoms with Crippen LogP contribution in [-0.2, 0) is 19.5 Å². The van der Waals surface area contributed by atoms with E-state index in [0.29, 0.717) is 12.1 Å². The molecule has 0 fully saturated rings. The van der Waals surface area contributed by atoms with E-state index in [1.807, 2.05) is 13.1 Å². The number of aromatic nitrogens is 3. The summed E-state index contributed by atoms with van der Waals surface area (Å²) >= 11 is 0. The fraction of sp³-hybridized carbons (Fsp3) is 0.357. The number of carbonyl (C=O) groups is 1. The van der Waals surface area contributed by atoms with Crippen molar-refractivity contribution in [3.8, 4) is 0 Å². The maximum absolute atomic E-state index is 11.2. The first-order valence-corrected chi connectivity index (χ1v) is 6.66. The van der Waals surface area contributed by atoms with Gasteiger partial charge >= 0.3 is 5.97 Å². The molecule has 2 aromatic heterocycles. The predicted octanol–water partition coefficient (Wildman–Crippen LogP) is 1.56. The molecule has 1 aliphatic heterocycles. The Morgan fingerprint density at radius 2 is 2.25 bits per heavy atom. The zero-order valence-electron chi connectivity index (χ0n) is 11.3. The minimum atomic E-state index is -0.915. The molecule has 0 aliphatic carbocycles. The summed E-state index contributed by atoms with van der Waals surface area (Å²) in [6.45, 7) is 4.28. The molecule has 0 amide bonds. The second-order valence-corrected chi connectivity index (χ2v) is 4.82. The van der Waals surface area contributed by atoms with Crippen LogP contribution in [0, 0.1) is 0 Å². The van der Waals surface area contributed by atoms with Crippen molar-refractivity contribution in [3.05, 3.63) is 41.6 Å². The second-order valence-electron chi connectivity index (χ2n) is 4.82. The Labute approximate surface area is 116 Å². The first kappa shape index (κ1) is 12.7. The second kappa shape index (κ2) is 4.96. The minimum absolute atomic E-state index is 0.292. The molecular weight excluding hydrogens is 256 g/mol. The van der Waals surface area contributed by atoms with Crippen molar-refractivity contribution in [2.24, 2.45) is 0 Å². The van der Waals surface area contributed by atoms with Crippen LogP contribution in [0.25, 0.3) is 0 Å². The topological polar surface area (TPSA) is 71.2 Å². The van der Waals surface area contributed by atoms with Gasteiger partial charge in [-0.15, -0.1) is 0 Å². The van der Waals surface area contributed by atoms with Gasteiger partial charge in [0.05, 0.1) is 12.1 Å². The standard InChI is InChI=1S/C14H16N4O2/c1-2-11-7-10(14(19)20)8-12(16-11)18-6-5-17-4-3-15-13(17)9-18/h3-4,7-8H,2,5-6,9H2,1H3,(H,19,20). The van der Waals surface area contributed by atoms with Crippen LogP contribution in [0.4, 0.5) is 5.82 Å². The Bertz CT molecular complexity index is 650. The van der Waals surface area contributed by atoms with E-state index in [1.54, 1.807) is 18.3 Å². The maximum atomic E-state index is 11.2. The predicted molar refractivity (Wildman–Crippen MR) is 73.9 cm³/mol. The van der Waals surface area contributed by atoms with E-state index in [1.165, 1.54) is 0 Å². The van der Waals surface area contributed by atoms with Gasteiger partial charge in [-0.3, -0.25) is 0 Å². The molecule has 20 heavy (non-hydrogen) atoms. The number of rotatable bonds is 3. The molecule has 3 heterocycles. The Kier molecular flexibility index (Phi) is 3.14. The molecule has 0 radical (unpaired) electrons. The lowest BCUT2D eigenvalue weighted by atomic mass is 10.2. The number of carboxylic acid groups (broad SMARTS) is 1. The highest BCUT2D eigenvalue weighted by Gasteiger charge is 2.19. The summed E-state index contributed by atoms with van der Waals surface area (Å²) in [5.41, 5.74) is 1.09. The molecule has 3 rings (SSSR count). The summed E-state index contributed by atoms with van der Waals surface area (Å²) in [6.07, 6.45) is 4.47. The SMILES string of the molecule is CCc1cc(C(=O)O)cc(N2CCn3ccnc3C2)n1. The average molecular weight is 272 g/mol. The first-order valence-electron chi connectivity index (χ1n) is 6.66. The third-order valence-corrected chi connectivity index (χ3v) is 3.54. The molecule has 0 atom stereocenters. The van der Waals surface area contributed by atoms with Gasteiger partial charge in [0.2, 0.25) is 0 Å². The highest BCUT2D eigenvalue weighted by Crippen LogP contribution is 2.20. The molecule has 1 N–H and O–H groups in total. The highest BCUT2D eigenvalue weighted by molar-refractivity contribution is 5.88. The van der Waals surface area contributed by atoms with Crippen molar-refractivity contribution < 1.29 is 9.90 Å². The van der Waals surface area contributed by atoms with Gasteiger partial charge in [0.25, 0.3) is 0 Å². The smallest absolute Gasteiger partial charge is 0.335 e. The lowest BCUT2D eigenvalue weighted by Crippen LogP contribution is -2.34. The Balaban J connectivity index is 1.94. The van der Waals surface area contributed by atoms with E-state index in [2.05, 4.69) is 19.4 Å². The number of aromatic carboxylic acids is 1. The molecule has 2 aromatic rings. The van der Waals surface area contributed by atoms with Crippen molar-refractivity contribution in [3.63, 3.8) is 0 Å². The van der Waals surface area contributed by atoms with E-state index in [9.17, 15) is 9.90 Å². The summed E-state index contributed by atoms with van der Waals surface area (Å²) in [5.74, 6) is 0.787. The molecule has 0 spiro atoms. The number of imidazole rings is 1. The van der Waals surface area contributed by atoms with E-state index in [-0.39, 0.29) is 0 Å². The van der Waals surface area contributed by atoms with Crippen LogP contribution in [-0.4, -0.2) is 32.2 Å². The summed E-state index contributed by atoms with van der Waals surface area (Å²) in [7, 11) is 0. The van der Waals surface area contributed by atoms with Crippen molar-refractivity contribution in [2.45, 2.75) is 26.4 Å². The van der Waals surface area contributed by atoms with Crippen LogP contribution < -0.4 is 4.90 Å². The normalized spacial score (nSPS) is 14.2. The van der Waals surface area contributed by atoms with E-state index >= 15 is 0 Å². The highest BCUT2D eigenvalue weighted by atomic mass is 16.4. The van der Waals surface area contributed by atoms with Gasteiger partial charge in [-0.25, -0.2) is 14.8 Å². The summed E-state index contributed by atoms with van der Waals surface area (Å²) in [5, 5.41) is 9.19. The molecule has 0 aromatic carbocycles. The number of nitrogens with zero attached hydrogens (tertiary/aromatic N) is 4. The third kappa shape index (κ3) is 2.24. The van der Waals surface area contributed by atoms with Gasteiger partial charge in [0.15, 0.2) is 0 Å². The number of carboxylic acids is 1. The molecule has 0 unspecified atom stereocenters. The molecule has 1 aliphatic rings. The molecule has 0 saturated carbocycles. The van der Waals surface area contributed by atoms with Crippen molar-refractivity contribution >= 4 is 11.8 Å². The fourth-order valence-corrected chi connectivity index (χ4v) is 2.41. The van der Waals surface area contributed by atoms with Crippen LogP contribution in [0.3, 0.4) is 0 Å². The number of hydrogen-bond donors (Lipinski definition) is 1. The zero-order chi connectivity index (χ0) is 14.1. The number of pyridine rings is 1. The Morgan fingerprint density at radius 3 is 3.00 bits per heavy atom. The number of aryl methyl sites for hydroxylation is 1. The molecule has 0 saturated heterocycles. The van der Waals surface area contributed by atoms with Crippen molar-refractivity contribution in [2.75, 3.05) is 11.4 Å². The maximum Gasteiger partial charge on any atom is 0.335 e. The quantitative estimate of drug-likeness (QED) is 0.918. The first-order chi connectivity index (χ1) is 9.67.